The first-order valence-corrected chi connectivity index (χ1v) is 13.0. The van der Waals surface area contributed by atoms with E-state index < -0.39 is 6.23 Å². The van der Waals surface area contributed by atoms with E-state index in [0.29, 0.717) is 18.5 Å². The van der Waals surface area contributed by atoms with Crippen molar-refractivity contribution in [1.29, 1.82) is 0 Å². The lowest BCUT2D eigenvalue weighted by atomic mass is 10.2. The molecule has 3 rings (SSSR count). The van der Waals surface area contributed by atoms with E-state index in [1.54, 1.807) is 30.2 Å². The van der Waals surface area contributed by atoms with Crippen LogP contribution in [0.15, 0.2) is 72.7 Å². The molecular weight excluding hydrogens is 438 g/mol. The second-order valence-electron chi connectivity index (χ2n) is 8.05. The second kappa shape index (κ2) is 19.4. The van der Waals surface area contributed by atoms with Gasteiger partial charge in [-0.05, 0) is 50.1 Å². The van der Waals surface area contributed by atoms with Crippen molar-refractivity contribution >= 4 is 11.8 Å². The molecule has 0 aromatic heterocycles. The summed E-state index contributed by atoms with van der Waals surface area (Å²) in [6.07, 6.45) is 20.0. The minimum Gasteiger partial charge on any atom is -0.372 e. The number of hydrogen-bond donors (Lipinski definition) is 3. The van der Waals surface area contributed by atoms with Crippen LogP contribution < -0.4 is 10.6 Å². The van der Waals surface area contributed by atoms with Gasteiger partial charge in [0.2, 0.25) is 5.91 Å². The number of rotatable bonds is 8. The molecule has 3 aliphatic rings. The van der Waals surface area contributed by atoms with E-state index in [0.717, 1.165) is 24.5 Å². The molecule has 3 N–H and O–H groups in total. The fourth-order valence-electron chi connectivity index (χ4n) is 2.99. The summed E-state index contributed by atoms with van der Waals surface area (Å²) in [5.41, 5.74) is 1.14. The van der Waals surface area contributed by atoms with Crippen molar-refractivity contribution in [1.82, 2.24) is 15.5 Å². The number of aliphatic hydroxyl groups excluding tert-OH is 1. The van der Waals surface area contributed by atoms with Gasteiger partial charge in [-0.3, -0.25) is 9.59 Å². The normalized spacial score (nSPS) is 18.5. The van der Waals surface area contributed by atoms with Gasteiger partial charge in [-0.25, -0.2) is 0 Å². The summed E-state index contributed by atoms with van der Waals surface area (Å²) in [5, 5.41) is 15.8. The lowest BCUT2D eigenvalue weighted by Gasteiger charge is -2.28. The van der Waals surface area contributed by atoms with Gasteiger partial charge in [-0.2, -0.15) is 0 Å². The lowest BCUT2D eigenvalue weighted by molar-refractivity contribution is -0.131. The van der Waals surface area contributed by atoms with E-state index in [4.69, 9.17) is 0 Å². The summed E-state index contributed by atoms with van der Waals surface area (Å²) in [6, 6.07) is -0.321. The largest absolute Gasteiger partial charge is 0.372 e. The smallest absolute Gasteiger partial charge is 0.255 e. The van der Waals surface area contributed by atoms with Crippen LogP contribution in [-0.2, 0) is 9.59 Å². The summed E-state index contributed by atoms with van der Waals surface area (Å²) in [6.45, 7) is 16.4. The highest BCUT2D eigenvalue weighted by atomic mass is 16.3. The van der Waals surface area contributed by atoms with Crippen molar-refractivity contribution in [2.75, 3.05) is 6.54 Å². The first kappa shape index (κ1) is 32.1. The maximum atomic E-state index is 12.3. The molecule has 1 saturated carbocycles. The summed E-state index contributed by atoms with van der Waals surface area (Å²) < 4.78 is 0. The molecule has 2 fully saturated rings. The summed E-state index contributed by atoms with van der Waals surface area (Å²) >= 11 is 0. The van der Waals surface area contributed by atoms with Gasteiger partial charge in [0, 0.05) is 24.2 Å². The van der Waals surface area contributed by atoms with Gasteiger partial charge in [0.05, 0.1) is 6.04 Å². The van der Waals surface area contributed by atoms with Crippen molar-refractivity contribution in [3.05, 3.63) is 72.7 Å². The minimum atomic E-state index is -0.883. The van der Waals surface area contributed by atoms with Crippen molar-refractivity contribution in [2.24, 2.45) is 5.92 Å². The van der Waals surface area contributed by atoms with Crippen LogP contribution in [0.4, 0.5) is 0 Å². The number of hydrogen-bond acceptors (Lipinski definition) is 4. The van der Waals surface area contributed by atoms with Gasteiger partial charge in [0.25, 0.3) is 5.91 Å². The molecule has 196 valence electrons. The third kappa shape index (κ3) is 13.6. The number of carbonyl (C=O) groups is 2. The summed E-state index contributed by atoms with van der Waals surface area (Å²) in [4.78, 5) is 25.7. The molecule has 0 spiro atoms. The fraction of sp³-hybridized carbons (Fsp3) is 0.517. The Morgan fingerprint density at radius 3 is 2.43 bits per heavy atom. The van der Waals surface area contributed by atoms with Gasteiger partial charge < -0.3 is 20.6 Å². The zero-order valence-corrected chi connectivity index (χ0v) is 22.6. The van der Waals surface area contributed by atoms with Crippen molar-refractivity contribution in [3.8, 4) is 0 Å². The molecule has 6 nitrogen and oxygen atoms in total. The molecule has 0 aromatic rings. The van der Waals surface area contributed by atoms with Gasteiger partial charge in [-0.15, -0.1) is 0 Å². The Morgan fingerprint density at radius 1 is 1.23 bits per heavy atom. The molecule has 35 heavy (non-hydrogen) atoms. The SMILES string of the molecule is C=C/C(=C\C=C\NC(O)C(C)N1CCCC1=O)C(=O)NC1=CCC=CC=C1.CC.CC.CC1CC1. The van der Waals surface area contributed by atoms with Gasteiger partial charge in [0.1, 0.15) is 6.23 Å². The molecule has 1 saturated heterocycles. The highest BCUT2D eigenvalue weighted by Gasteiger charge is 2.28. The monoisotopic (exact) mass is 485 g/mol. The van der Waals surface area contributed by atoms with Crippen LogP contribution in [0.3, 0.4) is 0 Å². The van der Waals surface area contributed by atoms with Crippen molar-refractivity contribution in [3.63, 3.8) is 0 Å². The maximum Gasteiger partial charge on any atom is 0.255 e. The van der Waals surface area contributed by atoms with E-state index in [1.807, 2.05) is 58.1 Å². The summed E-state index contributed by atoms with van der Waals surface area (Å²) in [5.74, 6) is 0.888. The Hall–Kier alpha value is -2.86. The van der Waals surface area contributed by atoms with E-state index in [1.165, 1.54) is 18.9 Å². The van der Waals surface area contributed by atoms with Crippen LogP contribution in [0.2, 0.25) is 0 Å². The first-order chi connectivity index (χ1) is 16.9. The number of amides is 2. The number of aliphatic hydroxyl groups is 1. The first-order valence-electron chi connectivity index (χ1n) is 13.0. The van der Waals surface area contributed by atoms with Crippen LogP contribution in [0.5, 0.6) is 0 Å². The molecule has 1 aliphatic heterocycles. The van der Waals surface area contributed by atoms with E-state index in [9.17, 15) is 14.7 Å². The zero-order valence-electron chi connectivity index (χ0n) is 22.6. The number of likely N-dealkylation sites (tertiary alicyclic amines) is 1. The van der Waals surface area contributed by atoms with Crippen molar-refractivity contribution < 1.29 is 14.7 Å². The van der Waals surface area contributed by atoms with Gasteiger partial charge >= 0.3 is 0 Å². The van der Waals surface area contributed by atoms with Crippen LogP contribution >= 0.6 is 0 Å². The molecule has 2 amide bonds. The molecule has 2 atom stereocenters. The van der Waals surface area contributed by atoms with Crippen LogP contribution in [-0.4, -0.2) is 40.6 Å². The number of nitrogens with one attached hydrogen (secondary N) is 2. The molecule has 6 heteroatoms. The van der Waals surface area contributed by atoms with Gasteiger partial charge in [0.15, 0.2) is 0 Å². The minimum absolute atomic E-state index is 0.0647. The summed E-state index contributed by atoms with van der Waals surface area (Å²) in [7, 11) is 0. The predicted molar refractivity (Wildman–Crippen MR) is 147 cm³/mol. The highest BCUT2D eigenvalue weighted by molar-refractivity contribution is 5.97. The Bertz CT molecular complexity index is 789. The maximum absolute atomic E-state index is 12.3. The Morgan fingerprint density at radius 2 is 1.89 bits per heavy atom. The quantitative estimate of drug-likeness (QED) is 0.240. The Balaban J connectivity index is 0.00000125. The Kier molecular flexibility index (Phi) is 17.9. The van der Waals surface area contributed by atoms with Crippen LogP contribution in [0, 0.1) is 5.92 Å². The van der Waals surface area contributed by atoms with Crippen LogP contribution in [0.25, 0.3) is 0 Å². The highest BCUT2D eigenvalue weighted by Crippen LogP contribution is 2.26. The molecule has 0 radical (unpaired) electrons. The van der Waals surface area contributed by atoms with Gasteiger partial charge in [-0.1, -0.05) is 84.4 Å². The lowest BCUT2D eigenvalue weighted by Crippen LogP contribution is -2.47. The van der Waals surface area contributed by atoms with E-state index in [-0.39, 0.29) is 17.9 Å². The zero-order chi connectivity index (χ0) is 26.6. The molecule has 0 aromatic carbocycles. The number of nitrogens with zero attached hydrogens (tertiary/aromatic N) is 1. The average molecular weight is 486 g/mol. The van der Waals surface area contributed by atoms with E-state index in [2.05, 4.69) is 24.1 Å². The number of carbonyl (C=O) groups excluding carboxylic acids is 2. The third-order valence-corrected chi connectivity index (χ3v) is 5.30. The van der Waals surface area contributed by atoms with E-state index >= 15 is 0 Å². The molecule has 1 heterocycles. The second-order valence-corrected chi connectivity index (χ2v) is 8.05. The number of allylic oxidation sites excluding steroid dienone is 7. The molecule has 2 unspecified atom stereocenters. The molecular formula is C29H47N3O3. The molecule has 0 bridgehead atoms. The van der Waals surface area contributed by atoms with Crippen LogP contribution in [0.1, 0.15) is 73.6 Å². The van der Waals surface area contributed by atoms with Crippen molar-refractivity contribution in [2.45, 2.75) is 85.9 Å². The fourth-order valence-corrected chi connectivity index (χ4v) is 2.99. The average Bonchev–Trinajstić information content (AvgIpc) is 3.62. The molecule has 2 aliphatic carbocycles. The Labute approximate surface area is 213 Å². The topological polar surface area (TPSA) is 81.7 Å². The standard InChI is InChI=1S/C21H27N3O3.C4H8.2C2H6/c1-3-17(21(27)23-18-11-6-4-5-7-12-18)10-8-14-22-20(26)16(2)24-15-9-13-19(24)25;1-4-2-3-4;2*1-2/h3-6,8,10-12,14,16,20,22,26H,1,7,9,13,15H2,2H3,(H,23,27);4H,2-3H2,1H3;2*1-2H3/b14-8+,17-10+;;;. The third-order valence-electron chi connectivity index (χ3n) is 5.30. The predicted octanol–water partition coefficient (Wildman–Crippen LogP) is 5.52.